The highest BCUT2D eigenvalue weighted by atomic mass is 32.2. The highest BCUT2D eigenvalue weighted by molar-refractivity contribution is 8.02. The highest BCUT2D eigenvalue weighted by Gasteiger charge is 2.30. The molecule has 8 heteroatoms. The van der Waals surface area contributed by atoms with Crippen LogP contribution in [0.2, 0.25) is 0 Å². The van der Waals surface area contributed by atoms with E-state index in [4.69, 9.17) is 0 Å². The number of amides is 2. The third kappa shape index (κ3) is 2.91. The van der Waals surface area contributed by atoms with Crippen LogP contribution >= 0.6 is 23.1 Å². The Kier molecular flexibility index (Phi) is 3.89. The lowest BCUT2D eigenvalue weighted by molar-refractivity contribution is -0.121. The monoisotopic (exact) mass is 320 g/mol. The number of nitrogens with zero attached hydrogens (tertiary/aromatic N) is 3. The summed E-state index contributed by atoms with van der Waals surface area (Å²) in [6.45, 7) is 1.85. The molecule has 0 radical (unpaired) electrons. The number of hydrogen-bond acceptors (Lipinski definition) is 6. The van der Waals surface area contributed by atoms with Crippen molar-refractivity contribution in [3.63, 3.8) is 0 Å². The summed E-state index contributed by atoms with van der Waals surface area (Å²) < 4.78 is 0.741. The van der Waals surface area contributed by atoms with Gasteiger partial charge in [0.05, 0.1) is 16.6 Å². The average molecular weight is 320 g/mol. The lowest BCUT2D eigenvalue weighted by Crippen LogP contribution is -2.45. The van der Waals surface area contributed by atoms with Crippen LogP contribution in [0.15, 0.2) is 34.1 Å². The first-order valence-corrected chi connectivity index (χ1v) is 8.04. The number of fused-ring (bicyclic) bond motifs is 1. The number of hydrogen-bond donors (Lipinski definition) is 1. The van der Waals surface area contributed by atoms with E-state index in [0.29, 0.717) is 5.69 Å². The molecule has 0 fully saturated rings. The van der Waals surface area contributed by atoms with Crippen LogP contribution in [0.1, 0.15) is 6.92 Å². The molecule has 1 atom stereocenters. The Hall–Kier alpha value is -1.93. The van der Waals surface area contributed by atoms with Gasteiger partial charge in [-0.1, -0.05) is 35.2 Å². The van der Waals surface area contributed by atoms with Crippen LogP contribution in [0.4, 0.5) is 11.4 Å². The molecule has 3 rings (SSSR count). The molecular weight excluding hydrogens is 308 g/mol. The van der Waals surface area contributed by atoms with Crippen molar-refractivity contribution in [3.05, 3.63) is 29.8 Å². The predicted octanol–water partition coefficient (Wildman–Crippen LogP) is 2.00. The molecule has 1 aliphatic heterocycles. The molecule has 1 unspecified atom stereocenters. The summed E-state index contributed by atoms with van der Waals surface area (Å²) in [5.74, 6) is -0.298. The van der Waals surface area contributed by atoms with Crippen LogP contribution in [-0.2, 0) is 9.59 Å². The van der Waals surface area contributed by atoms with Crippen molar-refractivity contribution >= 4 is 46.3 Å². The molecule has 2 amide bonds. The fourth-order valence-corrected chi connectivity index (χ4v) is 3.75. The third-order valence-corrected chi connectivity index (χ3v) is 4.90. The van der Waals surface area contributed by atoms with Crippen molar-refractivity contribution in [1.82, 2.24) is 10.2 Å². The normalized spacial score (nSPS) is 15.3. The van der Waals surface area contributed by atoms with E-state index in [0.717, 1.165) is 10.0 Å². The van der Waals surface area contributed by atoms with Crippen molar-refractivity contribution in [3.8, 4) is 0 Å². The van der Waals surface area contributed by atoms with E-state index >= 15 is 0 Å². The summed E-state index contributed by atoms with van der Waals surface area (Å²) in [6.07, 6.45) is 0. The molecule has 6 nitrogen and oxygen atoms in total. The number of benzene rings is 1. The Morgan fingerprint density at radius 3 is 3.05 bits per heavy atom. The van der Waals surface area contributed by atoms with Gasteiger partial charge in [-0.05, 0) is 19.1 Å². The fraction of sp³-hybridized carbons (Fsp3) is 0.231. The Bertz CT molecular complexity index is 675. The number of para-hydroxylation sites is 2. The van der Waals surface area contributed by atoms with E-state index in [9.17, 15) is 9.59 Å². The van der Waals surface area contributed by atoms with Crippen LogP contribution in [0.25, 0.3) is 0 Å². The quantitative estimate of drug-likeness (QED) is 0.876. The molecule has 2 heterocycles. The van der Waals surface area contributed by atoms with Gasteiger partial charge in [0, 0.05) is 0 Å². The smallest absolute Gasteiger partial charge is 0.244 e. The fourth-order valence-electron chi connectivity index (χ4n) is 2.07. The first-order chi connectivity index (χ1) is 10.1. The SMILES string of the molecule is CC(Sc1nncs1)C(=O)N1CC(=O)Nc2ccccc21. The van der Waals surface area contributed by atoms with E-state index < -0.39 is 0 Å². The Labute approximate surface area is 129 Å². The zero-order chi connectivity index (χ0) is 14.8. The zero-order valence-corrected chi connectivity index (χ0v) is 12.8. The number of carbonyl (C=O) groups excluding carboxylic acids is 2. The second kappa shape index (κ2) is 5.82. The van der Waals surface area contributed by atoms with Gasteiger partial charge in [0.2, 0.25) is 11.8 Å². The van der Waals surface area contributed by atoms with Gasteiger partial charge < -0.3 is 5.32 Å². The van der Waals surface area contributed by atoms with Crippen LogP contribution in [0.5, 0.6) is 0 Å². The molecule has 2 aromatic rings. The minimum Gasteiger partial charge on any atom is -0.323 e. The molecule has 1 aliphatic rings. The van der Waals surface area contributed by atoms with Crippen LogP contribution in [-0.4, -0.2) is 33.8 Å². The summed E-state index contributed by atoms with van der Waals surface area (Å²) in [7, 11) is 0. The van der Waals surface area contributed by atoms with E-state index in [-0.39, 0.29) is 23.6 Å². The molecule has 21 heavy (non-hydrogen) atoms. The van der Waals surface area contributed by atoms with Gasteiger partial charge in [-0.15, -0.1) is 10.2 Å². The van der Waals surface area contributed by atoms with Crippen molar-refractivity contribution in [1.29, 1.82) is 0 Å². The predicted molar refractivity (Wildman–Crippen MR) is 82.7 cm³/mol. The number of anilines is 2. The molecule has 0 saturated heterocycles. The topological polar surface area (TPSA) is 75.2 Å². The first kappa shape index (κ1) is 14.0. The van der Waals surface area contributed by atoms with Crippen molar-refractivity contribution in [2.75, 3.05) is 16.8 Å². The van der Waals surface area contributed by atoms with Gasteiger partial charge in [0.1, 0.15) is 12.1 Å². The molecule has 0 saturated carbocycles. The number of thioether (sulfide) groups is 1. The molecular formula is C13H12N4O2S2. The van der Waals surface area contributed by atoms with E-state index in [1.807, 2.05) is 25.1 Å². The summed E-state index contributed by atoms with van der Waals surface area (Å²) in [5.41, 5.74) is 3.02. The molecule has 0 spiro atoms. The Morgan fingerprint density at radius 2 is 2.29 bits per heavy atom. The minimum absolute atomic E-state index is 0.0386. The number of aromatic nitrogens is 2. The number of nitrogens with one attached hydrogen (secondary N) is 1. The standard InChI is InChI=1S/C13H12N4O2S2/c1-8(21-13-16-14-7-20-13)12(19)17-6-11(18)15-9-4-2-3-5-10(9)17/h2-5,7-8H,6H2,1H3,(H,15,18). The molecule has 1 aromatic carbocycles. The van der Waals surface area contributed by atoms with Gasteiger partial charge >= 0.3 is 0 Å². The first-order valence-electron chi connectivity index (χ1n) is 6.28. The van der Waals surface area contributed by atoms with Gasteiger partial charge in [0.15, 0.2) is 4.34 Å². The van der Waals surface area contributed by atoms with E-state index in [2.05, 4.69) is 15.5 Å². The molecule has 1 aromatic heterocycles. The molecule has 1 N–H and O–H groups in total. The van der Waals surface area contributed by atoms with Crippen LogP contribution in [0, 0.1) is 0 Å². The van der Waals surface area contributed by atoms with E-state index in [1.165, 1.54) is 28.0 Å². The Balaban J connectivity index is 1.82. The number of rotatable bonds is 3. The van der Waals surface area contributed by atoms with Crippen molar-refractivity contribution in [2.24, 2.45) is 0 Å². The lowest BCUT2D eigenvalue weighted by Gasteiger charge is -2.30. The third-order valence-electron chi connectivity index (χ3n) is 3.00. The van der Waals surface area contributed by atoms with Crippen molar-refractivity contribution < 1.29 is 9.59 Å². The Morgan fingerprint density at radius 1 is 1.48 bits per heavy atom. The molecule has 0 aliphatic carbocycles. The zero-order valence-electron chi connectivity index (χ0n) is 11.1. The van der Waals surface area contributed by atoms with E-state index in [1.54, 1.807) is 11.6 Å². The van der Waals surface area contributed by atoms with Crippen LogP contribution < -0.4 is 10.2 Å². The summed E-state index contributed by atoms with van der Waals surface area (Å²) in [6, 6.07) is 7.29. The largest absolute Gasteiger partial charge is 0.323 e. The number of carbonyl (C=O) groups is 2. The van der Waals surface area contributed by atoms with Gasteiger partial charge in [-0.25, -0.2) is 0 Å². The van der Waals surface area contributed by atoms with Gasteiger partial charge in [-0.3, -0.25) is 14.5 Å². The molecule has 0 bridgehead atoms. The summed E-state index contributed by atoms with van der Waals surface area (Å²) in [5, 5.41) is 10.1. The summed E-state index contributed by atoms with van der Waals surface area (Å²) in [4.78, 5) is 25.9. The maximum Gasteiger partial charge on any atom is 0.244 e. The minimum atomic E-state index is -0.336. The lowest BCUT2D eigenvalue weighted by atomic mass is 10.2. The van der Waals surface area contributed by atoms with Crippen LogP contribution in [0.3, 0.4) is 0 Å². The molecule has 108 valence electrons. The maximum atomic E-state index is 12.6. The highest BCUT2D eigenvalue weighted by Crippen LogP contribution is 2.32. The summed E-state index contributed by atoms with van der Waals surface area (Å²) >= 11 is 2.74. The second-order valence-corrected chi connectivity index (χ2v) is 6.88. The average Bonchev–Trinajstić information content (AvgIpc) is 2.98. The van der Waals surface area contributed by atoms with Crippen molar-refractivity contribution in [2.45, 2.75) is 16.5 Å². The second-order valence-electron chi connectivity index (χ2n) is 4.45. The van der Waals surface area contributed by atoms with Gasteiger partial charge in [0.25, 0.3) is 0 Å². The maximum absolute atomic E-state index is 12.6. The van der Waals surface area contributed by atoms with Gasteiger partial charge in [-0.2, -0.15) is 0 Å².